The van der Waals surface area contributed by atoms with Gasteiger partial charge >= 0.3 is 0 Å². The van der Waals surface area contributed by atoms with Gasteiger partial charge in [0.15, 0.2) is 5.67 Å². The number of carbonyl (C=O) groups is 1. The van der Waals surface area contributed by atoms with Crippen molar-refractivity contribution in [3.63, 3.8) is 0 Å². The van der Waals surface area contributed by atoms with Crippen molar-refractivity contribution >= 4 is 41.2 Å². The van der Waals surface area contributed by atoms with E-state index < -0.39 is 11.6 Å². The molecule has 1 saturated heterocycles. The highest BCUT2D eigenvalue weighted by Crippen LogP contribution is 2.39. The average molecular weight is 481 g/mol. The van der Waals surface area contributed by atoms with Crippen LogP contribution < -0.4 is 10.1 Å². The molecule has 0 radical (unpaired) electrons. The second kappa shape index (κ2) is 11.3. The summed E-state index contributed by atoms with van der Waals surface area (Å²) in [5.41, 5.74) is 0.172. The zero-order valence-corrected chi connectivity index (χ0v) is 20.0. The van der Waals surface area contributed by atoms with Crippen LogP contribution in [0.15, 0.2) is 58.8 Å². The van der Waals surface area contributed by atoms with Crippen LogP contribution in [0.1, 0.15) is 12.8 Å². The van der Waals surface area contributed by atoms with E-state index in [4.69, 9.17) is 16.3 Å². The molecular formula is C23H26ClFN2O2S2. The smallest absolute Gasteiger partial charge is 0.258 e. The quantitative estimate of drug-likeness (QED) is 0.482. The van der Waals surface area contributed by atoms with Crippen molar-refractivity contribution in [1.82, 2.24) is 9.62 Å². The Hall–Kier alpha value is -1.67. The van der Waals surface area contributed by atoms with E-state index >= 15 is 4.39 Å². The minimum Gasteiger partial charge on any atom is -0.497 e. The largest absolute Gasteiger partial charge is 0.497 e. The third kappa shape index (κ3) is 6.42. The van der Waals surface area contributed by atoms with Gasteiger partial charge in [-0.2, -0.15) is 0 Å². The van der Waals surface area contributed by atoms with E-state index in [9.17, 15) is 4.79 Å². The summed E-state index contributed by atoms with van der Waals surface area (Å²) in [6, 6.07) is 13.6. The topological polar surface area (TPSA) is 41.6 Å². The number of alkyl halides is 1. The van der Waals surface area contributed by atoms with Crippen LogP contribution in [0.4, 0.5) is 4.39 Å². The number of thioether (sulfide) groups is 1. The Morgan fingerprint density at radius 3 is 2.74 bits per heavy atom. The summed E-state index contributed by atoms with van der Waals surface area (Å²) in [5.74, 6) is 0.236. The van der Waals surface area contributed by atoms with Crippen LogP contribution in [-0.2, 0) is 4.79 Å². The molecule has 31 heavy (non-hydrogen) atoms. The molecule has 0 bridgehead atoms. The van der Waals surface area contributed by atoms with Gasteiger partial charge in [0.2, 0.25) is 0 Å². The molecule has 0 aliphatic carbocycles. The Balaban J connectivity index is 1.68. The van der Waals surface area contributed by atoms with Crippen LogP contribution in [0.3, 0.4) is 0 Å². The van der Waals surface area contributed by atoms with Crippen LogP contribution in [0.2, 0.25) is 5.02 Å². The first-order valence-electron chi connectivity index (χ1n) is 9.97. The fraction of sp³-hybridized carbons (Fsp3) is 0.348. The number of piperidine rings is 1. The Morgan fingerprint density at radius 1 is 1.29 bits per heavy atom. The predicted octanol–water partition coefficient (Wildman–Crippen LogP) is 5.82. The zero-order valence-electron chi connectivity index (χ0n) is 17.6. The monoisotopic (exact) mass is 480 g/mol. The summed E-state index contributed by atoms with van der Waals surface area (Å²) in [4.78, 5) is 13.3. The first-order chi connectivity index (χ1) is 14.9. The van der Waals surface area contributed by atoms with Gasteiger partial charge in [-0.05, 0) is 59.5 Å². The number of nitrogens with one attached hydrogen (secondary N) is 1. The molecule has 166 valence electrons. The molecule has 1 aliphatic heterocycles. The molecule has 2 aromatic carbocycles. The highest BCUT2D eigenvalue weighted by atomic mass is 35.5. The van der Waals surface area contributed by atoms with Crippen molar-refractivity contribution in [1.29, 1.82) is 0 Å². The van der Waals surface area contributed by atoms with Gasteiger partial charge in [-0.1, -0.05) is 29.8 Å². The molecule has 0 saturated carbocycles. The van der Waals surface area contributed by atoms with E-state index in [0.29, 0.717) is 24.7 Å². The zero-order chi connectivity index (χ0) is 22.3. The molecule has 4 nitrogen and oxygen atoms in total. The molecule has 1 amide bonds. The van der Waals surface area contributed by atoms with Crippen LogP contribution in [0.5, 0.6) is 5.75 Å². The Morgan fingerprint density at radius 2 is 2.06 bits per heavy atom. The first kappa shape index (κ1) is 24.0. The van der Waals surface area contributed by atoms with E-state index in [-0.39, 0.29) is 12.8 Å². The summed E-state index contributed by atoms with van der Waals surface area (Å²) in [6.45, 7) is 1.31. The van der Waals surface area contributed by atoms with E-state index in [1.165, 1.54) is 0 Å². The maximum Gasteiger partial charge on any atom is 0.258 e. The number of ether oxygens (including phenoxy) is 1. The molecule has 0 unspecified atom stereocenters. The van der Waals surface area contributed by atoms with Crippen molar-refractivity contribution < 1.29 is 13.9 Å². The summed E-state index contributed by atoms with van der Waals surface area (Å²) in [5, 5.41) is 5.21. The van der Waals surface area contributed by atoms with Gasteiger partial charge in [0, 0.05) is 48.0 Å². The SMILES string of the molecule is COc1ccc(SN2CCC(F)(C(=O)NC/C=C/SC)CC2)c(-c2cccc(Cl)c2)c1. The van der Waals surface area contributed by atoms with Crippen molar-refractivity contribution in [3.05, 3.63) is 59.0 Å². The second-order valence-corrected chi connectivity index (χ2v) is 9.49. The van der Waals surface area contributed by atoms with Crippen LogP contribution in [-0.4, -0.2) is 48.9 Å². The number of amides is 1. The molecule has 1 fully saturated rings. The van der Waals surface area contributed by atoms with Gasteiger partial charge in [0.1, 0.15) is 5.75 Å². The molecule has 0 spiro atoms. The predicted molar refractivity (Wildman–Crippen MR) is 130 cm³/mol. The fourth-order valence-electron chi connectivity index (χ4n) is 3.35. The number of carbonyl (C=O) groups excluding carboxylic acids is 1. The molecule has 0 aromatic heterocycles. The molecule has 8 heteroatoms. The molecular weight excluding hydrogens is 455 g/mol. The molecule has 3 rings (SSSR count). The summed E-state index contributed by atoms with van der Waals surface area (Å²) in [6.07, 6.45) is 4.09. The molecule has 1 N–H and O–H groups in total. The highest BCUT2D eigenvalue weighted by molar-refractivity contribution is 8.01. The number of benzene rings is 2. The van der Waals surface area contributed by atoms with Crippen molar-refractivity contribution in [3.8, 4) is 16.9 Å². The van der Waals surface area contributed by atoms with E-state index in [1.54, 1.807) is 30.8 Å². The Labute approximate surface area is 196 Å². The number of halogens is 2. The van der Waals surface area contributed by atoms with Crippen molar-refractivity contribution in [2.45, 2.75) is 23.4 Å². The van der Waals surface area contributed by atoms with Gasteiger partial charge in [-0.3, -0.25) is 4.79 Å². The lowest BCUT2D eigenvalue weighted by atomic mass is 9.93. The van der Waals surface area contributed by atoms with Gasteiger partial charge in [0.05, 0.1) is 7.11 Å². The minimum atomic E-state index is -1.82. The van der Waals surface area contributed by atoms with Gasteiger partial charge in [-0.25, -0.2) is 8.70 Å². The first-order valence-corrected chi connectivity index (χ1v) is 12.4. The van der Waals surface area contributed by atoms with Gasteiger partial charge < -0.3 is 10.1 Å². The van der Waals surface area contributed by atoms with Crippen LogP contribution in [0, 0.1) is 0 Å². The average Bonchev–Trinajstić information content (AvgIpc) is 2.78. The second-order valence-electron chi connectivity index (χ2n) is 7.18. The van der Waals surface area contributed by atoms with Gasteiger partial charge in [0.25, 0.3) is 5.91 Å². The number of rotatable bonds is 8. The molecule has 0 atom stereocenters. The van der Waals surface area contributed by atoms with Gasteiger partial charge in [-0.15, -0.1) is 11.8 Å². The summed E-state index contributed by atoms with van der Waals surface area (Å²) in [7, 11) is 1.64. The van der Waals surface area contributed by atoms with Crippen molar-refractivity contribution in [2.24, 2.45) is 0 Å². The number of hydrogen-bond donors (Lipinski definition) is 1. The lowest BCUT2D eigenvalue weighted by Crippen LogP contribution is -2.49. The summed E-state index contributed by atoms with van der Waals surface area (Å²) >= 11 is 9.31. The van der Waals surface area contributed by atoms with Crippen LogP contribution >= 0.6 is 35.3 Å². The Bertz CT molecular complexity index is 934. The third-order valence-corrected chi connectivity index (χ3v) is 6.96. The number of nitrogens with zero attached hydrogens (tertiary/aromatic N) is 1. The van der Waals surface area contributed by atoms with E-state index in [0.717, 1.165) is 21.8 Å². The maximum atomic E-state index is 15.2. The fourth-order valence-corrected chi connectivity index (χ4v) is 4.88. The van der Waals surface area contributed by atoms with E-state index in [2.05, 4.69) is 9.62 Å². The molecule has 2 aromatic rings. The standard InChI is InChI=1S/C23H26ClFN2O2S2/c1-29-19-7-8-21(20(16-19)17-5-3-6-18(24)15-17)31-27-12-9-23(25,10-13-27)22(28)26-11-4-14-30-2/h3-8,14-16H,9-13H2,1-2H3,(H,26,28)/b14-4+. The molecule has 1 aliphatic rings. The Kier molecular flexibility index (Phi) is 8.72. The van der Waals surface area contributed by atoms with Crippen molar-refractivity contribution in [2.75, 3.05) is 33.0 Å². The highest BCUT2D eigenvalue weighted by Gasteiger charge is 2.41. The molecule has 1 heterocycles. The van der Waals surface area contributed by atoms with Crippen LogP contribution in [0.25, 0.3) is 11.1 Å². The van der Waals surface area contributed by atoms with E-state index in [1.807, 2.05) is 60.2 Å². The third-order valence-electron chi connectivity index (χ3n) is 5.08. The lowest BCUT2D eigenvalue weighted by Gasteiger charge is -2.34. The summed E-state index contributed by atoms with van der Waals surface area (Å²) < 4.78 is 22.7. The maximum absolute atomic E-state index is 15.2. The minimum absolute atomic E-state index is 0.167. The normalized spacial score (nSPS) is 16.4. The number of hydrogen-bond acceptors (Lipinski definition) is 5. The lowest BCUT2D eigenvalue weighted by molar-refractivity contribution is -0.135. The number of methoxy groups -OCH3 is 1.